The van der Waals surface area contributed by atoms with Crippen LogP contribution in [0.1, 0.15) is 17.0 Å². The second kappa shape index (κ2) is 4.83. The van der Waals surface area contributed by atoms with E-state index in [-0.39, 0.29) is 5.02 Å². The van der Waals surface area contributed by atoms with E-state index < -0.39 is 5.82 Å². The number of nitriles is 1. The Bertz CT molecular complexity index is 638. The van der Waals surface area contributed by atoms with E-state index in [9.17, 15) is 4.39 Å². The molecule has 0 spiro atoms. The zero-order chi connectivity index (χ0) is 13.3. The SMILES string of the molecule is Cc1cc(CC#N)c(C)n1-c1ccc(F)c(Cl)c1. The van der Waals surface area contributed by atoms with Crippen molar-refractivity contribution in [1.29, 1.82) is 5.26 Å². The molecule has 4 heteroatoms. The Morgan fingerprint density at radius 3 is 2.67 bits per heavy atom. The third kappa shape index (κ3) is 2.12. The molecular formula is C14H12ClFN2. The number of rotatable bonds is 2. The molecule has 18 heavy (non-hydrogen) atoms. The summed E-state index contributed by atoms with van der Waals surface area (Å²) in [4.78, 5) is 0. The van der Waals surface area contributed by atoms with Gasteiger partial charge in [-0.15, -0.1) is 0 Å². The molecule has 0 N–H and O–H groups in total. The van der Waals surface area contributed by atoms with E-state index in [2.05, 4.69) is 6.07 Å². The lowest BCUT2D eigenvalue weighted by molar-refractivity contribution is 0.627. The monoisotopic (exact) mass is 262 g/mol. The Morgan fingerprint density at radius 2 is 2.06 bits per heavy atom. The molecule has 0 radical (unpaired) electrons. The molecule has 0 aliphatic heterocycles. The number of halogens is 2. The van der Waals surface area contributed by atoms with E-state index in [1.807, 2.05) is 24.5 Å². The van der Waals surface area contributed by atoms with Crippen LogP contribution in [-0.4, -0.2) is 4.57 Å². The molecule has 2 nitrogen and oxygen atoms in total. The molecule has 1 heterocycles. The van der Waals surface area contributed by atoms with Crippen LogP contribution in [0.2, 0.25) is 5.02 Å². The fourth-order valence-corrected chi connectivity index (χ4v) is 2.29. The van der Waals surface area contributed by atoms with Crippen molar-refractivity contribution in [1.82, 2.24) is 4.57 Å². The van der Waals surface area contributed by atoms with Crippen molar-refractivity contribution in [3.8, 4) is 11.8 Å². The smallest absolute Gasteiger partial charge is 0.141 e. The van der Waals surface area contributed by atoms with E-state index in [1.165, 1.54) is 6.07 Å². The molecular weight excluding hydrogens is 251 g/mol. The Hall–Kier alpha value is -1.79. The highest BCUT2D eigenvalue weighted by Gasteiger charge is 2.11. The molecule has 0 saturated carbocycles. The van der Waals surface area contributed by atoms with E-state index in [0.29, 0.717) is 6.42 Å². The standard InChI is InChI=1S/C14H12ClFN2/c1-9-7-11(5-6-17)10(2)18(9)12-3-4-14(16)13(15)8-12/h3-4,7-8H,5H2,1-2H3. The molecule has 0 saturated heterocycles. The van der Waals surface area contributed by atoms with E-state index in [0.717, 1.165) is 22.6 Å². The van der Waals surface area contributed by atoms with Gasteiger partial charge in [0.1, 0.15) is 5.82 Å². The third-order valence-corrected chi connectivity index (χ3v) is 3.26. The highest BCUT2D eigenvalue weighted by Crippen LogP contribution is 2.24. The van der Waals surface area contributed by atoms with Gasteiger partial charge in [0.2, 0.25) is 0 Å². The summed E-state index contributed by atoms with van der Waals surface area (Å²) < 4.78 is 15.1. The van der Waals surface area contributed by atoms with Gasteiger partial charge in [0.05, 0.1) is 17.5 Å². The van der Waals surface area contributed by atoms with Crippen LogP contribution in [0.3, 0.4) is 0 Å². The summed E-state index contributed by atoms with van der Waals surface area (Å²) in [6.45, 7) is 3.89. The normalized spacial score (nSPS) is 10.4. The lowest BCUT2D eigenvalue weighted by atomic mass is 10.2. The molecule has 0 fully saturated rings. The zero-order valence-electron chi connectivity index (χ0n) is 10.2. The summed E-state index contributed by atoms with van der Waals surface area (Å²) in [5.41, 5.74) is 3.77. The Morgan fingerprint density at radius 1 is 1.33 bits per heavy atom. The quantitative estimate of drug-likeness (QED) is 0.805. The predicted octanol–water partition coefficient (Wildman–Crippen LogP) is 3.95. The van der Waals surface area contributed by atoms with Gasteiger partial charge in [-0.05, 0) is 43.7 Å². The van der Waals surface area contributed by atoms with E-state index in [4.69, 9.17) is 16.9 Å². The van der Waals surface area contributed by atoms with Crippen molar-refractivity contribution in [2.24, 2.45) is 0 Å². The summed E-state index contributed by atoms with van der Waals surface area (Å²) in [6, 6.07) is 8.72. The van der Waals surface area contributed by atoms with Crippen LogP contribution in [0.15, 0.2) is 24.3 Å². The van der Waals surface area contributed by atoms with Gasteiger partial charge >= 0.3 is 0 Å². The number of aryl methyl sites for hydroxylation is 1. The molecule has 0 amide bonds. The summed E-state index contributed by atoms with van der Waals surface area (Å²) in [7, 11) is 0. The first-order valence-electron chi connectivity index (χ1n) is 5.54. The average molecular weight is 263 g/mol. The molecule has 0 aliphatic carbocycles. The third-order valence-electron chi connectivity index (χ3n) is 2.97. The van der Waals surface area contributed by atoms with Gasteiger partial charge in [0.25, 0.3) is 0 Å². The summed E-state index contributed by atoms with van der Waals surface area (Å²) in [5.74, 6) is -0.430. The number of aromatic nitrogens is 1. The van der Waals surface area contributed by atoms with Crippen LogP contribution < -0.4 is 0 Å². The van der Waals surface area contributed by atoms with Gasteiger partial charge < -0.3 is 4.57 Å². The van der Waals surface area contributed by atoms with Crippen molar-refractivity contribution in [3.05, 3.63) is 52.1 Å². The van der Waals surface area contributed by atoms with Crippen LogP contribution in [0, 0.1) is 31.0 Å². The van der Waals surface area contributed by atoms with Crippen molar-refractivity contribution >= 4 is 11.6 Å². The molecule has 0 unspecified atom stereocenters. The largest absolute Gasteiger partial charge is 0.318 e. The zero-order valence-corrected chi connectivity index (χ0v) is 10.9. The molecule has 1 aromatic carbocycles. The summed E-state index contributed by atoms with van der Waals surface area (Å²) >= 11 is 5.80. The number of nitrogens with zero attached hydrogens (tertiary/aromatic N) is 2. The molecule has 0 bridgehead atoms. The topological polar surface area (TPSA) is 28.7 Å². The van der Waals surface area contributed by atoms with Crippen molar-refractivity contribution in [3.63, 3.8) is 0 Å². The van der Waals surface area contributed by atoms with Gasteiger partial charge in [-0.25, -0.2) is 4.39 Å². The fourth-order valence-electron chi connectivity index (χ4n) is 2.11. The minimum atomic E-state index is -0.430. The maximum atomic E-state index is 13.2. The average Bonchev–Trinajstić information content (AvgIpc) is 2.59. The summed E-state index contributed by atoms with van der Waals surface area (Å²) in [6.07, 6.45) is 0.370. The molecule has 92 valence electrons. The minimum Gasteiger partial charge on any atom is -0.318 e. The first-order valence-corrected chi connectivity index (χ1v) is 5.92. The van der Waals surface area contributed by atoms with Crippen molar-refractivity contribution in [2.45, 2.75) is 20.3 Å². The van der Waals surface area contributed by atoms with Crippen LogP contribution in [0.4, 0.5) is 4.39 Å². The second-order valence-electron chi connectivity index (χ2n) is 4.17. The van der Waals surface area contributed by atoms with Gasteiger partial charge in [-0.1, -0.05) is 11.6 Å². The molecule has 1 aromatic heterocycles. The van der Waals surface area contributed by atoms with Crippen molar-refractivity contribution in [2.75, 3.05) is 0 Å². The highest BCUT2D eigenvalue weighted by atomic mass is 35.5. The van der Waals surface area contributed by atoms with Crippen LogP contribution in [-0.2, 0) is 6.42 Å². The second-order valence-corrected chi connectivity index (χ2v) is 4.57. The van der Waals surface area contributed by atoms with Gasteiger partial charge in [0, 0.05) is 17.1 Å². The molecule has 0 atom stereocenters. The molecule has 2 aromatic rings. The van der Waals surface area contributed by atoms with E-state index >= 15 is 0 Å². The molecule has 0 aliphatic rings. The van der Waals surface area contributed by atoms with Gasteiger partial charge in [-0.3, -0.25) is 0 Å². The lowest BCUT2D eigenvalue weighted by Gasteiger charge is -2.10. The highest BCUT2D eigenvalue weighted by molar-refractivity contribution is 6.30. The number of benzene rings is 1. The van der Waals surface area contributed by atoms with E-state index in [1.54, 1.807) is 12.1 Å². The maximum Gasteiger partial charge on any atom is 0.141 e. The van der Waals surface area contributed by atoms with Crippen LogP contribution >= 0.6 is 11.6 Å². The van der Waals surface area contributed by atoms with Crippen molar-refractivity contribution < 1.29 is 4.39 Å². The summed E-state index contributed by atoms with van der Waals surface area (Å²) in [5, 5.41) is 8.86. The maximum absolute atomic E-state index is 13.2. The van der Waals surface area contributed by atoms with Crippen LogP contribution in [0.5, 0.6) is 0 Å². The van der Waals surface area contributed by atoms with Crippen LogP contribution in [0.25, 0.3) is 5.69 Å². The fraction of sp³-hybridized carbons (Fsp3) is 0.214. The number of hydrogen-bond donors (Lipinski definition) is 0. The Balaban J connectivity index is 2.57. The first-order chi connectivity index (χ1) is 8.54. The minimum absolute atomic E-state index is 0.0989. The Labute approximate surface area is 110 Å². The van der Waals surface area contributed by atoms with Gasteiger partial charge in [-0.2, -0.15) is 5.26 Å². The first kappa shape index (κ1) is 12.7. The number of hydrogen-bond acceptors (Lipinski definition) is 1. The molecule has 2 rings (SSSR count). The predicted molar refractivity (Wildman–Crippen MR) is 69.5 cm³/mol. The lowest BCUT2D eigenvalue weighted by Crippen LogP contribution is -2.00. The van der Waals surface area contributed by atoms with Gasteiger partial charge in [0.15, 0.2) is 0 Å². The Kier molecular flexibility index (Phi) is 3.40.